The summed E-state index contributed by atoms with van der Waals surface area (Å²) in [7, 11) is 1.72. The van der Waals surface area contributed by atoms with Crippen molar-refractivity contribution >= 4 is 5.78 Å². The number of allylic oxidation sites excluding steroid dienone is 2. The summed E-state index contributed by atoms with van der Waals surface area (Å²) in [4.78, 5) is 12.3. The van der Waals surface area contributed by atoms with Crippen LogP contribution in [0.15, 0.2) is 29.8 Å². The Kier molecular flexibility index (Phi) is 2.79. The molecule has 0 saturated heterocycles. The number of ether oxygens (including phenoxy) is 1. The summed E-state index contributed by atoms with van der Waals surface area (Å²) < 4.78 is 5.35. The summed E-state index contributed by atoms with van der Waals surface area (Å²) >= 11 is 0. The molecule has 0 radical (unpaired) electrons. The third-order valence-corrected chi connectivity index (χ3v) is 6.11. The van der Waals surface area contributed by atoms with Crippen molar-refractivity contribution in [2.24, 2.45) is 11.3 Å². The molecular formula is C19H22O2. The highest BCUT2D eigenvalue weighted by atomic mass is 16.5. The van der Waals surface area contributed by atoms with Crippen molar-refractivity contribution in [1.29, 1.82) is 0 Å². The summed E-state index contributed by atoms with van der Waals surface area (Å²) in [5.41, 5.74) is 4.34. The number of rotatable bonds is 1. The van der Waals surface area contributed by atoms with E-state index in [1.165, 1.54) is 11.1 Å². The molecule has 2 saturated carbocycles. The monoisotopic (exact) mass is 282 g/mol. The minimum atomic E-state index is -0.0771. The maximum atomic E-state index is 12.3. The van der Waals surface area contributed by atoms with Crippen LogP contribution in [0.1, 0.15) is 49.7 Å². The minimum absolute atomic E-state index is 0.0771. The first-order chi connectivity index (χ1) is 10.1. The van der Waals surface area contributed by atoms with Crippen LogP contribution in [0.2, 0.25) is 0 Å². The van der Waals surface area contributed by atoms with Gasteiger partial charge < -0.3 is 4.74 Å². The largest absolute Gasteiger partial charge is 0.497 e. The number of hydrogen-bond donors (Lipinski definition) is 0. The first kappa shape index (κ1) is 13.1. The lowest BCUT2D eigenvalue weighted by molar-refractivity contribution is -0.126. The maximum Gasteiger partial charge on any atom is 0.139 e. The molecule has 3 aliphatic carbocycles. The van der Waals surface area contributed by atoms with E-state index in [1.807, 2.05) is 0 Å². The van der Waals surface area contributed by atoms with Gasteiger partial charge in [-0.1, -0.05) is 24.6 Å². The number of ketones is 1. The van der Waals surface area contributed by atoms with Crippen LogP contribution in [0.3, 0.4) is 0 Å². The smallest absolute Gasteiger partial charge is 0.139 e. The Hall–Kier alpha value is -1.57. The Morgan fingerprint density at radius 2 is 2.14 bits per heavy atom. The Balaban J connectivity index is 1.74. The van der Waals surface area contributed by atoms with E-state index in [4.69, 9.17) is 4.74 Å². The molecule has 0 aromatic heterocycles. The topological polar surface area (TPSA) is 26.3 Å². The van der Waals surface area contributed by atoms with Crippen molar-refractivity contribution in [1.82, 2.24) is 0 Å². The standard InChI is InChI=1S/C19H22O2/c1-19-10-9-15-14-6-4-13(21-2)11-12(14)3-5-16(15)17(19)7-8-18(19)20/h4-6,11,15,17H,3,7-10H2,1-2H3. The molecule has 0 aliphatic heterocycles. The fourth-order valence-electron chi connectivity index (χ4n) is 4.85. The lowest BCUT2D eigenvalue weighted by atomic mass is 9.60. The van der Waals surface area contributed by atoms with Gasteiger partial charge in [-0.05, 0) is 54.9 Å². The number of benzene rings is 1. The third kappa shape index (κ3) is 1.74. The average Bonchev–Trinajstić information content (AvgIpc) is 2.82. The number of fused-ring (bicyclic) bond motifs is 5. The van der Waals surface area contributed by atoms with E-state index in [1.54, 1.807) is 12.7 Å². The fourth-order valence-corrected chi connectivity index (χ4v) is 4.85. The Morgan fingerprint density at radius 3 is 2.95 bits per heavy atom. The van der Waals surface area contributed by atoms with Gasteiger partial charge in [-0.25, -0.2) is 0 Å². The van der Waals surface area contributed by atoms with E-state index in [2.05, 4.69) is 31.2 Å². The SMILES string of the molecule is COc1ccc2c(c1)CC=C1C2CCC2(C)C(=O)CCC12. The quantitative estimate of drug-likeness (QED) is 0.727. The maximum absolute atomic E-state index is 12.3. The van der Waals surface area contributed by atoms with Gasteiger partial charge in [0, 0.05) is 17.8 Å². The molecule has 4 rings (SSSR count). The van der Waals surface area contributed by atoms with E-state index in [0.29, 0.717) is 17.6 Å². The second kappa shape index (κ2) is 4.46. The first-order valence-corrected chi connectivity index (χ1v) is 8.03. The number of carbonyl (C=O) groups excluding carboxylic acids is 1. The molecule has 2 nitrogen and oxygen atoms in total. The zero-order valence-electron chi connectivity index (χ0n) is 12.8. The van der Waals surface area contributed by atoms with Crippen molar-refractivity contribution in [3.63, 3.8) is 0 Å². The van der Waals surface area contributed by atoms with Crippen molar-refractivity contribution in [3.8, 4) is 5.75 Å². The third-order valence-electron chi connectivity index (χ3n) is 6.11. The average molecular weight is 282 g/mol. The van der Waals surface area contributed by atoms with Crippen LogP contribution >= 0.6 is 0 Å². The normalized spacial score (nSPS) is 33.8. The number of methoxy groups -OCH3 is 1. The number of hydrogen-bond acceptors (Lipinski definition) is 2. The molecule has 21 heavy (non-hydrogen) atoms. The molecule has 0 N–H and O–H groups in total. The lowest BCUT2D eigenvalue weighted by Crippen LogP contribution is -2.37. The van der Waals surface area contributed by atoms with E-state index in [-0.39, 0.29) is 5.41 Å². The molecule has 3 atom stereocenters. The molecule has 1 aromatic rings. The molecule has 2 heteroatoms. The van der Waals surface area contributed by atoms with Gasteiger partial charge >= 0.3 is 0 Å². The lowest BCUT2D eigenvalue weighted by Gasteiger charge is -2.43. The molecule has 1 aromatic carbocycles. The van der Waals surface area contributed by atoms with E-state index >= 15 is 0 Å². The van der Waals surface area contributed by atoms with Crippen LogP contribution in [0, 0.1) is 11.3 Å². The van der Waals surface area contributed by atoms with Crippen LogP contribution in [0.25, 0.3) is 0 Å². The highest BCUT2D eigenvalue weighted by Gasteiger charge is 2.52. The van der Waals surface area contributed by atoms with Crippen molar-refractivity contribution in [2.75, 3.05) is 7.11 Å². The minimum Gasteiger partial charge on any atom is -0.497 e. The van der Waals surface area contributed by atoms with Gasteiger partial charge in [0.2, 0.25) is 0 Å². The predicted octanol–water partition coefficient (Wildman–Crippen LogP) is 4.04. The summed E-state index contributed by atoms with van der Waals surface area (Å²) in [6.45, 7) is 2.20. The van der Waals surface area contributed by atoms with Gasteiger partial charge in [-0.2, -0.15) is 0 Å². The Labute approximate surface area is 126 Å². The second-order valence-corrected chi connectivity index (χ2v) is 7.00. The van der Waals surface area contributed by atoms with Gasteiger partial charge in [0.05, 0.1) is 7.11 Å². The summed E-state index contributed by atoms with van der Waals surface area (Å²) in [6.07, 6.45) is 7.39. The van der Waals surface area contributed by atoms with Crippen LogP contribution in [0.5, 0.6) is 5.75 Å². The highest BCUT2D eigenvalue weighted by Crippen LogP contribution is 2.57. The van der Waals surface area contributed by atoms with Gasteiger partial charge in [0.15, 0.2) is 0 Å². The van der Waals surface area contributed by atoms with Gasteiger partial charge in [-0.15, -0.1) is 0 Å². The summed E-state index contributed by atoms with van der Waals surface area (Å²) in [5.74, 6) is 2.46. The molecule has 0 spiro atoms. The molecular weight excluding hydrogens is 260 g/mol. The number of carbonyl (C=O) groups is 1. The van der Waals surface area contributed by atoms with E-state index in [9.17, 15) is 4.79 Å². The molecule has 3 aliphatic rings. The van der Waals surface area contributed by atoms with Crippen LogP contribution in [-0.4, -0.2) is 12.9 Å². The molecule has 0 bridgehead atoms. The zero-order valence-corrected chi connectivity index (χ0v) is 12.8. The van der Waals surface area contributed by atoms with Crippen molar-refractivity contribution in [2.45, 2.75) is 44.9 Å². The summed E-state index contributed by atoms with van der Waals surface area (Å²) in [6, 6.07) is 6.50. The Bertz CT molecular complexity index is 643. The van der Waals surface area contributed by atoms with Gasteiger partial charge in [0.25, 0.3) is 0 Å². The van der Waals surface area contributed by atoms with Gasteiger partial charge in [-0.3, -0.25) is 4.79 Å². The van der Waals surface area contributed by atoms with Gasteiger partial charge in [0.1, 0.15) is 11.5 Å². The van der Waals surface area contributed by atoms with Crippen LogP contribution < -0.4 is 4.74 Å². The fraction of sp³-hybridized carbons (Fsp3) is 0.526. The van der Waals surface area contributed by atoms with Crippen LogP contribution in [0.4, 0.5) is 0 Å². The van der Waals surface area contributed by atoms with Crippen LogP contribution in [-0.2, 0) is 11.2 Å². The number of Topliss-reactive ketones (excluding diaryl/α,β-unsaturated/α-hetero) is 1. The first-order valence-electron chi connectivity index (χ1n) is 8.03. The zero-order chi connectivity index (χ0) is 14.6. The predicted molar refractivity (Wildman–Crippen MR) is 82.6 cm³/mol. The second-order valence-electron chi connectivity index (χ2n) is 7.00. The molecule has 3 unspecified atom stereocenters. The van der Waals surface area contributed by atoms with Crippen molar-refractivity contribution < 1.29 is 9.53 Å². The van der Waals surface area contributed by atoms with E-state index < -0.39 is 0 Å². The highest BCUT2D eigenvalue weighted by molar-refractivity contribution is 5.88. The molecule has 2 fully saturated rings. The van der Waals surface area contributed by atoms with Crippen molar-refractivity contribution in [3.05, 3.63) is 41.0 Å². The molecule has 110 valence electrons. The summed E-state index contributed by atoms with van der Waals surface area (Å²) in [5, 5.41) is 0. The molecule has 0 heterocycles. The molecule has 0 amide bonds. The van der Waals surface area contributed by atoms with E-state index in [0.717, 1.165) is 37.9 Å². The Morgan fingerprint density at radius 1 is 1.29 bits per heavy atom.